The van der Waals surface area contributed by atoms with Gasteiger partial charge in [0.05, 0.1) is 16.1 Å². The van der Waals surface area contributed by atoms with Crippen molar-refractivity contribution in [2.45, 2.75) is 18.9 Å². The van der Waals surface area contributed by atoms with Gasteiger partial charge < -0.3 is 15.0 Å². The third-order valence-electron chi connectivity index (χ3n) is 4.32. The number of ether oxygens (including phenoxy) is 1. The van der Waals surface area contributed by atoms with Crippen LogP contribution in [0.25, 0.3) is 0 Å². The molecule has 0 aliphatic carbocycles. The number of hydrogen-bond acceptors (Lipinski definition) is 3. The van der Waals surface area contributed by atoms with E-state index in [0.29, 0.717) is 21.8 Å². The van der Waals surface area contributed by atoms with E-state index in [1.807, 2.05) is 4.90 Å². The highest BCUT2D eigenvalue weighted by atomic mass is 35.5. The molecule has 0 aromatic heterocycles. The molecule has 23 heavy (non-hydrogen) atoms. The number of amides is 2. The number of anilines is 1. The average Bonchev–Trinajstić information content (AvgIpc) is 3.04. The van der Waals surface area contributed by atoms with Crippen molar-refractivity contribution in [2.24, 2.45) is 0 Å². The molecule has 1 atom stereocenters. The Kier molecular flexibility index (Phi) is 5.64. The van der Waals surface area contributed by atoms with E-state index in [1.165, 1.54) is 0 Å². The highest BCUT2D eigenvalue weighted by Crippen LogP contribution is 2.25. The van der Waals surface area contributed by atoms with Crippen molar-refractivity contribution in [3.63, 3.8) is 0 Å². The van der Waals surface area contributed by atoms with Gasteiger partial charge >= 0.3 is 6.03 Å². The lowest BCUT2D eigenvalue weighted by Crippen LogP contribution is -2.51. The summed E-state index contributed by atoms with van der Waals surface area (Å²) in [4.78, 5) is 16.5. The van der Waals surface area contributed by atoms with Crippen LogP contribution in [0.2, 0.25) is 10.0 Å². The minimum absolute atomic E-state index is 0.0971. The number of urea groups is 1. The van der Waals surface area contributed by atoms with Crippen molar-refractivity contribution in [2.75, 3.05) is 44.6 Å². The highest BCUT2D eigenvalue weighted by Gasteiger charge is 2.24. The van der Waals surface area contributed by atoms with Crippen LogP contribution in [0.3, 0.4) is 0 Å². The van der Waals surface area contributed by atoms with E-state index in [0.717, 1.165) is 52.2 Å². The minimum Gasteiger partial charge on any atom is -0.377 e. The summed E-state index contributed by atoms with van der Waals surface area (Å²) in [6.07, 6.45) is 2.68. The zero-order valence-corrected chi connectivity index (χ0v) is 14.4. The second-order valence-corrected chi connectivity index (χ2v) is 6.80. The Bertz CT molecular complexity index is 556. The van der Waals surface area contributed by atoms with Gasteiger partial charge in [-0.25, -0.2) is 4.79 Å². The number of hydrogen-bond donors (Lipinski definition) is 1. The molecule has 0 saturated carbocycles. The Labute approximate surface area is 146 Å². The van der Waals surface area contributed by atoms with Gasteiger partial charge in [0.1, 0.15) is 0 Å². The molecular weight excluding hydrogens is 337 g/mol. The quantitative estimate of drug-likeness (QED) is 0.902. The number of benzene rings is 1. The predicted octanol–water partition coefficient (Wildman–Crippen LogP) is 3.32. The summed E-state index contributed by atoms with van der Waals surface area (Å²) in [5.41, 5.74) is 0.659. The van der Waals surface area contributed by atoms with Crippen LogP contribution in [0.4, 0.5) is 10.5 Å². The van der Waals surface area contributed by atoms with Crippen LogP contribution in [-0.2, 0) is 4.74 Å². The zero-order chi connectivity index (χ0) is 16.2. The van der Waals surface area contributed by atoms with E-state index in [2.05, 4.69) is 10.2 Å². The summed E-state index contributed by atoms with van der Waals surface area (Å²) in [5.74, 6) is 0. The molecule has 7 heteroatoms. The first-order valence-electron chi connectivity index (χ1n) is 7.97. The molecule has 2 aliphatic rings. The van der Waals surface area contributed by atoms with Gasteiger partial charge in [-0.15, -0.1) is 0 Å². The molecule has 0 bridgehead atoms. The number of piperazine rings is 1. The van der Waals surface area contributed by atoms with Crippen molar-refractivity contribution in [3.8, 4) is 0 Å². The monoisotopic (exact) mass is 357 g/mol. The van der Waals surface area contributed by atoms with Gasteiger partial charge in [-0.05, 0) is 31.0 Å². The molecule has 1 N–H and O–H groups in total. The summed E-state index contributed by atoms with van der Waals surface area (Å²) >= 11 is 11.8. The van der Waals surface area contributed by atoms with Crippen LogP contribution in [0.15, 0.2) is 18.2 Å². The van der Waals surface area contributed by atoms with Gasteiger partial charge in [0.15, 0.2) is 0 Å². The maximum Gasteiger partial charge on any atom is 0.321 e. The largest absolute Gasteiger partial charge is 0.377 e. The highest BCUT2D eigenvalue weighted by molar-refractivity contribution is 6.42. The molecule has 2 aliphatic heterocycles. The van der Waals surface area contributed by atoms with Crippen LogP contribution in [0.5, 0.6) is 0 Å². The Balaban J connectivity index is 1.46. The van der Waals surface area contributed by atoms with Gasteiger partial charge in [-0.2, -0.15) is 0 Å². The first kappa shape index (κ1) is 16.8. The summed E-state index contributed by atoms with van der Waals surface area (Å²) in [6.45, 7) is 5.07. The van der Waals surface area contributed by atoms with Crippen LogP contribution in [-0.4, -0.2) is 61.3 Å². The topological polar surface area (TPSA) is 44.8 Å². The van der Waals surface area contributed by atoms with Gasteiger partial charge in [0, 0.05) is 45.0 Å². The van der Waals surface area contributed by atoms with Crippen LogP contribution < -0.4 is 5.32 Å². The van der Waals surface area contributed by atoms with E-state index in [4.69, 9.17) is 27.9 Å². The molecule has 3 rings (SSSR count). The molecule has 5 nitrogen and oxygen atoms in total. The lowest BCUT2D eigenvalue weighted by molar-refractivity contribution is 0.0572. The molecule has 126 valence electrons. The third-order valence-corrected chi connectivity index (χ3v) is 5.06. The number of carbonyl (C=O) groups excluding carboxylic acids is 1. The molecule has 1 aromatic rings. The Morgan fingerprint density at radius 1 is 1.22 bits per heavy atom. The van der Waals surface area contributed by atoms with Crippen LogP contribution >= 0.6 is 23.2 Å². The first-order valence-corrected chi connectivity index (χ1v) is 8.72. The van der Waals surface area contributed by atoms with Gasteiger partial charge in [0.2, 0.25) is 0 Å². The number of nitrogens with one attached hydrogen (secondary N) is 1. The lowest BCUT2D eigenvalue weighted by atomic mass is 10.2. The second kappa shape index (κ2) is 7.71. The SMILES string of the molecule is O=C(Nc1ccc(Cl)c(Cl)c1)N1CCN(CC2CCCO2)CC1. The van der Waals surface area contributed by atoms with Crippen molar-refractivity contribution >= 4 is 34.9 Å². The molecule has 1 aromatic carbocycles. The van der Waals surface area contributed by atoms with Gasteiger partial charge in [-0.3, -0.25) is 4.90 Å². The van der Waals surface area contributed by atoms with Crippen molar-refractivity contribution < 1.29 is 9.53 Å². The second-order valence-electron chi connectivity index (χ2n) is 5.98. The molecule has 2 saturated heterocycles. The molecule has 0 radical (unpaired) electrons. The zero-order valence-electron chi connectivity index (χ0n) is 12.9. The number of halogens is 2. The molecule has 1 unspecified atom stereocenters. The van der Waals surface area contributed by atoms with E-state index in [-0.39, 0.29) is 6.03 Å². The molecular formula is C16H21Cl2N3O2. The fourth-order valence-corrected chi connectivity index (χ4v) is 3.28. The Morgan fingerprint density at radius 3 is 2.65 bits per heavy atom. The van der Waals surface area contributed by atoms with Gasteiger partial charge in [0.25, 0.3) is 0 Å². The van der Waals surface area contributed by atoms with Crippen LogP contribution in [0.1, 0.15) is 12.8 Å². The van der Waals surface area contributed by atoms with E-state index >= 15 is 0 Å². The Hall–Kier alpha value is -1.01. The summed E-state index contributed by atoms with van der Waals surface area (Å²) in [6, 6.07) is 4.99. The number of rotatable bonds is 3. The third kappa shape index (κ3) is 4.51. The van der Waals surface area contributed by atoms with Crippen LogP contribution in [0, 0.1) is 0 Å². The number of nitrogens with zero attached hydrogens (tertiary/aromatic N) is 2. The summed E-state index contributed by atoms with van der Waals surface area (Å²) in [7, 11) is 0. The van der Waals surface area contributed by atoms with E-state index in [9.17, 15) is 4.79 Å². The normalized spacial score (nSPS) is 22.3. The molecule has 2 fully saturated rings. The first-order chi connectivity index (χ1) is 11.1. The van der Waals surface area contributed by atoms with Crippen molar-refractivity contribution in [3.05, 3.63) is 28.2 Å². The smallest absolute Gasteiger partial charge is 0.321 e. The Morgan fingerprint density at radius 2 is 2.00 bits per heavy atom. The maximum absolute atomic E-state index is 12.3. The summed E-state index contributed by atoms with van der Waals surface area (Å²) in [5, 5.41) is 3.78. The minimum atomic E-state index is -0.0971. The fraction of sp³-hybridized carbons (Fsp3) is 0.562. The van der Waals surface area contributed by atoms with Crippen molar-refractivity contribution in [1.29, 1.82) is 0 Å². The fourth-order valence-electron chi connectivity index (χ4n) is 2.99. The van der Waals surface area contributed by atoms with Crippen molar-refractivity contribution in [1.82, 2.24) is 9.80 Å². The average molecular weight is 358 g/mol. The van der Waals surface area contributed by atoms with E-state index in [1.54, 1.807) is 18.2 Å². The molecule has 2 heterocycles. The summed E-state index contributed by atoms with van der Waals surface area (Å²) < 4.78 is 5.67. The number of carbonyl (C=O) groups is 1. The molecule has 2 amide bonds. The molecule has 0 spiro atoms. The lowest BCUT2D eigenvalue weighted by Gasteiger charge is -2.35. The maximum atomic E-state index is 12.3. The van der Waals surface area contributed by atoms with Gasteiger partial charge in [-0.1, -0.05) is 23.2 Å². The standard InChI is InChI=1S/C16H21Cl2N3O2/c17-14-4-3-12(10-15(14)18)19-16(22)21-7-5-20(6-8-21)11-13-2-1-9-23-13/h3-4,10,13H,1-2,5-9,11H2,(H,19,22). The van der Waals surface area contributed by atoms with E-state index < -0.39 is 0 Å². The predicted molar refractivity (Wildman–Crippen MR) is 92.5 cm³/mol.